The van der Waals surface area contributed by atoms with Crippen molar-refractivity contribution in [3.05, 3.63) is 69.5 Å². The fourth-order valence-electron chi connectivity index (χ4n) is 1.68. The van der Waals surface area contributed by atoms with Crippen LogP contribution in [-0.2, 0) is 0 Å². The topological polar surface area (TPSA) is 72.2 Å². The highest BCUT2D eigenvalue weighted by molar-refractivity contribution is 6.04. The highest BCUT2D eigenvalue weighted by atomic mass is 19.1. The number of carbonyl (C=O) groups excluding carboxylic acids is 1. The van der Waals surface area contributed by atoms with Crippen molar-refractivity contribution in [3.63, 3.8) is 0 Å². The molecule has 0 fully saturated rings. The fourth-order valence-corrected chi connectivity index (χ4v) is 1.68. The number of amides is 1. The number of nitrogens with one attached hydrogen (secondary N) is 1. The Morgan fingerprint density at radius 2 is 1.85 bits per heavy atom. The largest absolute Gasteiger partial charge is 0.322 e. The van der Waals surface area contributed by atoms with Gasteiger partial charge in [-0.15, -0.1) is 0 Å². The quantitative estimate of drug-likeness (QED) is 0.689. The molecule has 0 aliphatic heterocycles. The summed E-state index contributed by atoms with van der Waals surface area (Å²) >= 11 is 0. The maximum atomic E-state index is 13.5. The van der Waals surface area contributed by atoms with E-state index >= 15 is 0 Å². The molecule has 102 valence electrons. The van der Waals surface area contributed by atoms with Crippen LogP contribution in [0, 0.1) is 22.9 Å². The normalized spacial score (nSPS) is 10.1. The van der Waals surface area contributed by atoms with Gasteiger partial charge in [0.1, 0.15) is 5.82 Å². The lowest BCUT2D eigenvalue weighted by molar-refractivity contribution is -0.384. The lowest BCUT2D eigenvalue weighted by Crippen LogP contribution is -2.13. The summed E-state index contributed by atoms with van der Waals surface area (Å²) in [5, 5.41) is 13.0. The van der Waals surface area contributed by atoms with Crippen LogP contribution in [0.1, 0.15) is 15.9 Å². The second kappa shape index (κ2) is 5.48. The standard InChI is InChI=1S/C14H11FN2O3/c1-9-2-7-13(15)12(8-9)14(18)16-10-3-5-11(6-4-10)17(19)20/h2-8H,1H3,(H,16,18). The predicted octanol–water partition coefficient (Wildman–Crippen LogP) is 3.29. The first-order valence-electron chi connectivity index (χ1n) is 5.79. The Kier molecular flexibility index (Phi) is 3.74. The summed E-state index contributed by atoms with van der Waals surface area (Å²) in [5.74, 6) is -1.21. The van der Waals surface area contributed by atoms with Crippen molar-refractivity contribution in [2.24, 2.45) is 0 Å². The molecular formula is C14H11FN2O3. The Morgan fingerprint density at radius 1 is 1.20 bits per heavy atom. The molecule has 1 N–H and O–H groups in total. The number of hydrogen-bond donors (Lipinski definition) is 1. The molecule has 0 bridgehead atoms. The summed E-state index contributed by atoms with van der Waals surface area (Å²) < 4.78 is 13.5. The van der Waals surface area contributed by atoms with Crippen molar-refractivity contribution < 1.29 is 14.1 Å². The molecular weight excluding hydrogens is 263 g/mol. The fraction of sp³-hybridized carbons (Fsp3) is 0.0714. The third-order valence-corrected chi connectivity index (χ3v) is 2.70. The minimum atomic E-state index is -0.616. The zero-order chi connectivity index (χ0) is 14.7. The molecule has 20 heavy (non-hydrogen) atoms. The van der Waals surface area contributed by atoms with Crippen molar-refractivity contribution in [3.8, 4) is 0 Å². The van der Waals surface area contributed by atoms with Crippen molar-refractivity contribution >= 4 is 17.3 Å². The van der Waals surface area contributed by atoms with Gasteiger partial charge in [0.15, 0.2) is 0 Å². The van der Waals surface area contributed by atoms with E-state index in [1.54, 1.807) is 13.0 Å². The third-order valence-electron chi connectivity index (χ3n) is 2.70. The molecule has 0 saturated carbocycles. The van der Waals surface area contributed by atoms with Gasteiger partial charge in [-0.1, -0.05) is 11.6 Å². The van der Waals surface area contributed by atoms with Crippen LogP contribution in [0.4, 0.5) is 15.8 Å². The predicted molar refractivity (Wildman–Crippen MR) is 72.2 cm³/mol. The molecule has 0 saturated heterocycles. The molecule has 2 aromatic carbocycles. The SMILES string of the molecule is Cc1ccc(F)c(C(=O)Nc2ccc([N+](=O)[O-])cc2)c1. The molecule has 5 nitrogen and oxygen atoms in total. The second-order valence-corrected chi connectivity index (χ2v) is 4.24. The van der Waals surface area contributed by atoms with Gasteiger partial charge in [-0.25, -0.2) is 4.39 Å². The average molecular weight is 274 g/mol. The smallest absolute Gasteiger partial charge is 0.269 e. The number of nitro groups is 1. The minimum Gasteiger partial charge on any atom is -0.322 e. The summed E-state index contributed by atoms with van der Waals surface area (Å²) in [6.07, 6.45) is 0. The van der Waals surface area contributed by atoms with Crippen LogP contribution in [0.2, 0.25) is 0 Å². The lowest BCUT2D eigenvalue weighted by Gasteiger charge is -2.06. The van der Waals surface area contributed by atoms with Crippen LogP contribution in [0.25, 0.3) is 0 Å². The average Bonchev–Trinajstić information content (AvgIpc) is 2.42. The van der Waals surface area contributed by atoms with E-state index in [2.05, 4.69) is 5.32 Å². The van der Waals surface area contributed by atoms with E-state index in [1.165, 1.54) is 36.4 Å². The zero-order valence-corrected chi connectivity index (χ0v) is 10.6. The Balaban J connectivity index is 2.19. The van der Waals surface area contributed by atoms with Crippen molar-refractivity contribution in [2.75, 3.05) is 5.32 Å². The number of rotatable bonds is 3. The Hall–Kier alpha value is -2.76. The van der Waals surface area contributed by atoms with Gasteiger partial charge in [0.25, 0.3) is 11.6 Å². The molecule has 0 radical (unpaired) electrons. The number of halogens is 1. The second-order valence-electron chi connectivity index (χ2n) is 4.24. The van der Waals surface area contributed by atoms with Crippen LogP contribution in [-0.4, -0.2) is 10.8 Å². The summed E-state index contributed by atoms with van der Waals surface area (Å²) in [6, 6.07) is 9.55. The van der Waals surface area contributed by atoms with Gasteiger partial charge in [-0.2, -0.15) is 0 Å². The van der Waals surface area contributed by atoms with Crippen LogP contribution in [0.5, 0.6) is 0 Å². The highest BCUT2D eigenvalue weighted by Crippen LogP contribution is 2.17. The number of nitrogens with zero attached hydrogens (tertiary/aromatic N) is 1. The van der Waals surface area contributed by atoms with Gasteiger partial charge in [0.05, 0.1) is 10.5 Å². The Morgan fingerprint density at radius 3 is 2.45 bits per heavy atom. The third kappa shape index (κ3) is 2.97. The van der Waals surface area contributed by atoms with E-state index in [0.29, 0.717) is 5.69 Å². The van der Waals surface area contributed by atoms with E-state index in [0.717, 1.165) is 5.56 Å². The van der Waals surface area contributed by atoms with Gasteiger partial charge in [0, 0.05) is 17.8 Å². The van der Waals surface area contributed by atoms with Gasteiger partial charge < -0.3 is 5.32 Å². The van der Waals surface area contributed by atoms with Crippen molar-refractivity contribution in [1.29, 1.82) is 0 Å². The number of anilines is 1. The number of hydrogen-bond acceptors (Lipinski definition) is 3. The number of non-ortho nitro benzene ring substituents is 1. The zero-order valence-electron chi connectivity index (χ0n) is 10.6. The lowest BCUT2D eigenvalue weighted by atomic mass is 10.1. The van der Waals surface area contributed by atoms with Gasteiger partial charge in [0.2, 0.25) is 0 Å². The highest BCUT2D eigenvalue weighted by Gasteiger charge is 2.12. The van der Waals surface area contributed by atoms with E-state index in [1.807, 2.05) is 0 Å². The van der Waals surface area contributed by atoms with Crippen LogP contribution < -0.4 is 5.32 Å². The van der Waals surface area contributed by atoms with Crippen molar-refractivity contribution in [1.82, 2.24) is 0 Å². The number of carbonyl (C=O) groups is 1. The van der Waals surface area contributed by atoms with Crippen molar-refractivity contribution in [2.45, 2.75) is 6.92 Å². The molecule has 0 heterocycles. The van der Waals surface area contributed by atoms with Crippen LogP contribution >= 0.6 is 0 Å². The Labute approximate surface area is 114 Å². The molecule has 2 aromatic rings. The van der Waals surface area contributed by atoms with Gasteiger partial charge in [-0.05, 0) is 31.2 Å². The van der Waals surface area contributed by atoms with E-state index in [9.17, 15) is 19.3 Å². The molecule has 0 aromatic heterocycles. The van der Waals surface area contributed by atoms with Crippen LogP contribution in [0.15, 0.2) is 42.5 Å². The first-order chi connectivity index (χ1) is 9.47. The first-order valence-corrected chi connectivity index (χ1v) is 5.79. The number of aryl methyl sites for hydroxylation is 1. The van der Waals surface area contributed by atoms with Crippen LogP contribution in [0.3, 0.4) is 0 Å². The monoisotopic (exact) mass is 274 g/mol. The summed E-state index contributed by atoms with van der Waals surface area (Å²) in [7, 11) is 0. The van der Waals surface area contributed by atoms with Gasteiger partial charge in [-0.3, -0.25) is 14.9 Å². The minimum absolute atomic E-state index is 0.0663. The number of benzene rings is 2. The van der Waals surface area contributed by atoms with E-state index in [-0.39, 0.29) is 11.3 Å². The molecule has 0 atom stereocenters. The summed E-state index contributed by atoms with van der Waals surface area (Å²) in [5.41, 5.74) is 0.981. The molecule has 0 spiro atoms. The number of nitro benzene ring substituents is 1. The molecule has 0 unspecified atom stereocenters. The maximum absolute atomic E-state index is 13.5. The first kappa shape index (κ1) is 13.7. The molecule has 1 amide bonds. The molecule has 0 aliphatic carbocycles. The van der Waals surface area contributed by atoms with Gasteiger partial charge >= 0.3 is 0 Å². The Bertz CT molecular complexity index is 669. The van der Waals surface area contributed by atoms with E-state index < -0.39 is 16.6 Å². The van der Waals surface area contributed by atoms with E-state index in [4.69, 9.17) is 0 Å². The molecule has 0 aliphatic rings. The molecule has 6 heteroatoms. The summed E-state index contributed by atoms with van der Waals surface area (Å²) in [4.78, 5) is 21.9. The summed E-state index contributed by atoms with van der Waals surface area (Å²) in [6.45, 7) is 1.75. The maximum Gasteiger partial charge on any atom is 0.269 e. The molecule has 2 rings (SSSR count).